The van der Waals surface area contributed by atoms with E-state index in [0.717, 1.165) is 17.9 Å². The van der Waals surface area contributed by atoms with Crippen LogP contribution in [0.1, 0.15) is 13.8 Å². The van der Waals surface area contributed by atoms with Crippen LogP contribution >= 0.6 is 0 Å². The zero-order valence-electron chi connectivity index (χ0n) is 12.0. The van der Waals surface area contributed by atoms with E-state index in [1.54, 1.807) is 0 Å². The number of aromatic nitrogens is 1. The maximum Gasteiger partial charge on any atom is 0.228 e. The van der Waals surface area contributed by atoms with Crippen molar-refractivity contribution in [1.82, 2.24) is 9.88 Å². The van der Waals surface area contributed by atoms with E-state index in [2.05, 4.69) is 10.6 Å². The monoisotopic (exact) mass is 271 g/mol. The molecule has 0 aliphatic rings. The number of hydrogen-bond acceptors (Lipinski definition) is 2. The summed E-state index contributed by atoms with van der Waals surface area (Å²) in [6.07, 6.45) is 3.96. The van der Waals surface area contributed by atoms with Crippen LogP contribution in [0.25, 0.3) is 5.69 Å². The lowest BCUT2D eigenvalue weighted by Gasteiger charge is -2.13. The predicted molar refractivity (Wildman–Crippen MR) is 82.1 cm³/mol. The van der Waals surface area contributed by atoms with Gasteiger partial charge in [0.05, 0.1) is 0 Å². The molecule has 1 amide bonds. The minimum absolute atomic E-state index is 0.0376. The van der Waals surface area contributed by atoms with Crippen LogP contribution in [-0.4, -0.2) is 23.6 Å². The Morgan fingerprint density at radius 3 is 2.70 bits per heavy atom. The second-order valence-corrected chi connectivity index (χ2v) is 4.84. The summed E-state index contributed by atoms with van der Waals surface area (Å²) in [5.74, 6) is -0.0132. The molecule has 0 spiro atoms. The quantitative estimate of drug-likeness (QED) is 0.848. The molecular formula is C16H21N3O. The topological polar surface area (TPSA) is 46.1 Å². The van der Waals surface area contributed by atoms with Crippen LogP contribution < -0.4 is 10.6 Å². The fourth-order valence-corrected chi connectivity index (χ4v) is 1.97. The molecule has 4 heteroatoms. The van der Waals surface area contributed by atoms with E-state index in [1.165, 1.54) is 0 Å². The Morgan fingerprint density at radius 2 is 2.00 bits per heavy atom. The molecule has 1 atom stereocenters. The van der Waals surface area contributed by atoms with Gasteiger partial charge in [-0.25, -0.2) is 0 Å². The Labute approximate surface area is 119 Å². The number of nitrogens with one attached hydrogen (secondary N) is 2. The highest BCUT2D eigenvalue weighted by atomic mass is 16.1. The largest absolute Gasteiger partial charge is 0.326 e. The first kappa shape index (κ1) is 14.3. The van der Waals surface area contributed by atoms with Crippen molar-refractivity contribution in [2.24, 2.45) is 5.92 Å². The minimum Gasteiger partial charge on any atom is -0.326 e. The van der Waals surface area contributed by atoms with Crippen LogP contribution in [0.5, 0.6) is 0 Å². The number of anilines is 1. The maximum absolute atomic E-state index is 12.1. The summed E-state index contributed by atoms with van der Waals surface area (Å²) in [4.78, 5) is 12.1. The van der Waals surface area contributed by atoms with Crippen molar-refractivity contribution < 1.29 is 4.79 Å². The Kier molecular flexibility index (Phi) is 4.96. The van der Waals surface area contributed by atoms with E-state index in [4.69, 9.17) is 0 Å². The summed E-state index contributed by atoms with van der Waals surface area (Å²) in [5.41, 5.74) is 1.86. The molecule has 1 heterocycles. The van der Waals surface area contributed by atoms with Crippen LogP contribution in [-0.2, 0) is 4.79 Å². The van der Waals surface area contributed by atoms with E-state index >= 15 is 0 Å². The van der Waals surface area contributed by atoms with Gasteiger partial charge in [0.2, 0.25) is 5.91 Å². The molecule has 2 aromatic rings. The van der Waals surface area contributed by atoms with Crippen molar-refractivity contribution in [2.45, 2.75) is 13.8 Å². The Bertz CT molecular complexity index is 549. The average Bonchev–Trinajstić information content (AvgIpc) is 2.99. The van der Waals surface area contributed by atoms with Gasteiger partial charge in [0, 0.05) is 36.2 Å². The van der Waals surface area contributed by atoms with Crippen molar-refractivity contribution in [3.63, 3.8) is 0 Å². The zero-order chi connectivity index (χ0) is 14.4. The van der Waals surface area contributed by atoms with Gasteiger partial charge in [-0.2, -0.15) is 0 Å². The van der Waals surface area contributed by atoms with Gasteiger partial charge in [0.15, 0.2) is 0 Å². The van der Waals surface area contributed by atoms with E-state index in [0.29, 0.717) is 6.54 Å². The first-order chi connectivity index (χ1) is 9.70. The van der Waals surface area contributed by atoms with Crippen molar-refractivity contribution in [3.05, 3.63) is 48.8 Å². The standard InChI is InChI=1S/C16H21N3O/c1-3-17-12-13(2)16(20)18-14-7-6-8-15(11-14)19-9-4-5-10-19/h4-11,13,17H,3,12H2,1-2H3,(H,18,20). The molecule has 1 aromatic carbocycles. The third-order valence-corrected chi connectivity index (χ3v) is 3.16. The highest BCUT2D eigenvalue weighted by Crippen LogP contribution is 2.15. The summed E-state index contributed by atoms with van der Waals surface area (Å²) in [5, 5.41) is 6.14. The molecule has 0 aliphatic carbocycles. The molecule has 1 aromatic heterocycles. The molecule has 0 saturated heterocycles. The molecule has 0 bridgehead atoms. The van der Waals surface area contributed by atoms with Crippen LogP contribution in [0, 0.1) is 5.92 Å². The molecule has 20 heavy (non-hydrogen) atoms. The molecule has 106 valence electrons. The van der Waals surface area contributed by atoms with E-state index in [-0.39, 0.29) is 11.8 Å². The number of benzene rings is 1. The highest BCUT2D eigenvalue weighted by molar-refractivity contribution is 5.92. The molecule has 2 N–H and O–H groups in total. The second kappa shape index (κ2) is 6.91. The van der Waals surface area contributed by atoms with E-state index < -0.39 is 0 Å². The number of nitrogens with zero attached hydrogens (tertiary/aromatic N) is 1. The van der Waals surface area contributed by atoms with Gasteiger partial charge < -0.3 is 15.2 Å². The molecule has 4 nitrogen and oxygen atoms in total. The van der Waals surface area contributed by atoms with Crippen LogP contribution in [0.3, 0.4) is 0 Å². The van der Waals surface area contributed by atoms with E-state index in [9.17, 15) is 4.79 Å². The maximum atomic E-state index is 12.1. The average molecular weight is 271 g/mol. The molecule has 0 aliphatic heterocycles. The molecule has 0 radical (unpaired) electrons. The van der Waals surface area contributed by atoms with Crippen molar-refractivity contribution in [3.8, 4) is 5.69 Å². The predicted octanol–water partition coefficient (Wildman–Crippen LogP) is 2.66. The normalized spacial score (nSPS) is 12.1. The van der Waals surface area contributed by atoms with Crippen molar-refractivity contribution >= 4 is 11.6 Å². The summed E-state index contributed by atoms with van der Waals surface area (Å²) in [6, 6.07) is 11.8. The fourth-order valence-electron chi connectivity index (χ4n) is 1.97. The third-order valence-electron chi connectivity index (χ3n) is 3.16. The molecule has 0 saturated carbocycles. The van der Waals surface area contributed by atoms with Crippen LogP contribution in [0.2, 0.25) is 0 Å². The zero-order valence-corrected chi connectivity index (χ0v) is 12.0. The number of carbonyl (C=O) groups is 1. The highest BCUT2D eigenvalue weighted by Gasteiger charge is 2.12. The van der Waals surface area contributed by atoms with Crippen molar-refractivity contribution in [2.75, 3.05) is 18.4 Å². The van der Waals surface area contributed by atoms with Crippen LogP contribution in [0.15, 0.2) is 48.8 Å². The molecule has 2 rings (SSSR count). The second-order valence-electron chi connectivity index (χ2n) is 4.84. The number of amides is 1. The van der Waals surface area contributed by atoms with Crippen molar-refractivity contribution in [1.29, 1.82) is 0 Å². The lowest BCUT2D eigenvalue weighted by Crippen LogP contribution is -2.30. The first-order valence-corrected chi connectivity index (χ1v) is 6.95. The summed E-state index contributed by atoms with van der Waals surface area (Å²) in [7, 11) is 0. The van der Waals surface area contributed by atoms with E-state index in [1.807, 2.05) is 67.2 Å². The van der Waals surface area contributed by atoms with Gasteiger partial charge in [-0.1, -0.05) is 19.9 Å². The van der Waals surface area contributed by atoms with Gasteiger partial charge in [0.1, 0.15) is 0 Å². The Balaban J connectivity index is 2.03. The van der Waals surface area contributed by atoms with Gasteiger partial charge in [0.25, 0.3) is 0 Å². The number of rotatable bonds is 6. The SMILES string of the molecule is CCNCC(C)C(=O)Nc1cccc(-n2cccc2)c1. The summed E-state index contributed by atoms with van der Waals surface area (Å²) >= 11 is 0. The smallest absolute Gasteiger partial charge is 0.228 e. The molecular weight excluding hydrogens is 250 g/mol. The lowest BCUT2D eigenvalue weighted by molar-refractivity contribution is -0.119. The third kappa shape index (κ3) is 3.71. The summed E-state index contributed by atoms with van der Waals surface area (Å²) in [6.45, 7) is 5.53. The first-order valence-electron chi connectivity index (χ1n) is 6.95. The van der Waals surface area contributed by atoms with Gasteiger partial charge in [-0.3, -0.25) is 4.79 Å². The lowest BCUT2D eigenvalue weighted by atomic mass is 10.1. The molecule has 0 fully saturated rings. The van der Waals surface area contributed by atoms with Crippen LogP contribution in [0.4, 0.5) is 5.69 Å². The van der Waals surface area contributed by atoms with Gasteiger partial charge >= 0.3 is 0 Å². The fraction of sp³-hybridized carbons (Fsp3) is 0.312. The van der Waals surface area contributed by atoms with Gasteiger partial charge in [-0.05, 0) is 36.9 Å². The molecule has 1 unspecified atom stereocenters. The Morgan fingerprint density at radius 1 is 1.25 bits per heavy atom. The number of hydrogen-bond donors (Lipinski definition) is 2. The summed E-state index contributed by atoms with van der Waals surface area (Å²) < 4.78 is 2.01. The Hall–Kier alpha value is -2.07. The minimum atomic E-state index is -0.0508. The van der Waals surface area contributed by atoms with Gasteiger partial charge in [-0.15, -0.1) is 0 Å². The number of carbonyl (C=O) groups excluding carboxylic acids is 1.